The second-order valence-electron chi connectivity index (χ2n) is 7.39. The van der Waals surface area contributed by atoms with Crippen LogP contribution in [0.25, 0.3) is 0 Å². The number of carboxylic acids is 2. The van der Waals surface area contributed by atoms with Crippen molar-refractivity contribution >= 4 is 23.8 Å². The average Bonchev–Trinajstić information content (AvgIpc) is 2.97. The second-order valence-corrected chi connectivity index (χ2v) is 7.39. The number of carboxylic acid groups (broad SMARTS) is 2. The quantitative estimate of drug-likeness (QED) is 0.593. The molecule has 26 heavy (non-hydrogen) atoms. The van der Waals surface area contributed by atoms with Crippen LogP contribution in [0, 0.1) is 29.6 Å². The van der Waals surface area contributed by atoms with E-state index < -0.39 is 23.8 Å². The predicted octanol–water partition coefficient (Wildman–Crippen LogP) is 2.23. The molecule has 0 aliphatic heterocycles. The van der Waals surface area contributed by atoms with Crippen LogP contribution in [0.5, 0.6) is 0 Å². The maximum atomic E-state index is 11.7. The van der Waals surface area contributed by atoms with Gasteiger partial charge in [-0.2, -0.15) is 0 Å². The summed E-state index contributed by atoms with van der Waals surface area (Å²) in [5.41, 5.74) is 2.82. The molecule has 1 fully saturated rings. The van der Waals surface area contributed by atoms with Gasteiger partial charge in [-0.05, 0) is 44.4 Å². The molecule has 6 nitrogen and oxygen atoms in total. The number of aliphatic carboxylic acids is 2. The molecule has 2 N–H and O–H groups in total. The first-order valence-corrected chi connectivity index (χ1v) is 8.68. The largest absolute Gasteiger partial charge is 0.481 e. The Bertz CT molecular complexity index is 819. The van der Waals surface area contributed by atoms with E-state index in [1.54, 1.807) is 6.92 Å². The van der Waals surface area contributed by atoms with Crippen LogP contribution >= 0.6 is 0 Å². The number of carbonyl (C=O) groups is 2. The molecule has 5 atom stereocenters. The van der Waals surface area contributed by atoms with Gasteiger partial charge in [-0.1, -0.05) is 23.3 Å². The van der Waals surface area contributed by atoms with Crippen LogP contribution in [0.4, 0.5) is 0 Å². The molecule has 0 aromatic carbocycles. The van der Waals surface area contributed by atoms with Crippen LogP contribution in [0.15, 0.2) is 34.4 Å². The van der Waals surface area contributed by atoms with Crippen LogP contribution in [0.3, 0.4) is 0 Å². The van der Waals surface area contributed by atoms with Gasteiger partial charge in [0.1, 0.15) is 11.9 Å². The summed E-state index contributed by atoms with van der Waals surface area (Å²) >= 11 is 0. The highest BCUT2D eigenvalue weighted by Crippen LogP contribution is 2.52. The molecule has 3 aliphatic carbocycles. The van der Waals surface area contributed by atoms with Gasteiger partial charge in [-0.3, -0.25) is 9.59 Å². The van der Waals surface area contributed by atoms with Crippen molar-refractivity contribution < 1.29 is 29.4 Å². The zero-order chi connectivity index (χ0) is 19.0. The standard InChI is InChI=1S/C20H20O6/c1-10-4-13(7-16(19(23)24)17(10)20(25)26)18-14(9-22)6-12-5-11(8-21)2-3-15(12)18/h3-4,12-13,16-18H,2,5-7H2,1H3,(H,23,24)(H,25,26). The van der Waals surface area contributed by atoms with Gasteiger partial charge in [0.15, 0.2) is 0 Å². The minimum atomic E-state index is -1.14. The predicted molar refractivity (Wildman–Crippen MR) is 91.4 cm³/mol. The Morgan fingerprint density at radius 2 is 1.85 bits per heavy atom. The third-order valence-corrected chi connectivity index (χ3v) is 5.93. The molecular formula is C20H20O6. The Balaban J connectivity index is 2.00. The maximum absolute atomic E-state index is 11.7. The van der Waals surface area contributed by atoms with E-state index in [0.717, 1.165) is 5.57 Å². The minimum absolute atomic E-state index is 0.0517. The lowest BCUT2D eigenvalue weighted by molar-refractivity contribution is -0.153. The Labute approximate surface area is 150 Å². The van der Waals surface area contributed by atoms with Gasteiger partial charge >= 0.3 is 11.9 Å². The van der Waals surface area contributed by atoms with E-state index in [1.807, 2.05) is 24.0 Å². The molecule has 6 heteroatoms. The van der Waals surface area contributed by atoms with E-state index in [-0.39, 0.29) is 24.2 Å². The number of hydrogen-bond donors (Lipinski definition) is 2. The number of carbonyl (C=O) groups excluding carboxylic acids is 2. The summed E-state index contributed by atoms with van der Waals surface area (Å²) in [6, 6.07) is 0. The lowest BCUT2D eigenvalue weighted by Crippen LogP contribution is -2.37. The Morgan fingerprint density at radius 3 is 2.42 bits per heavy atom. The summed E-state index contributed by atoms with van der Waals surface area (Å²) in [6.45, 7) is 1.64. The van der Waals surface area contributed by atoms with Crippen molar-refractivity contribution in [2.24, 2.45) is 29.6 Å². The summed E-state index contributed by atoms with van der Waals surface area (Å²) in [7, 11) is 0. The third kappa shape index (κ3) is 2.98. The molecule has 0 heterocycles. The molecule has 3 rings (SSSR count). The van der Waals surface area contributed by atoms with Crippen molar-refractivity contribution in [2.45, 2.75) is 32.6 Å². The summed E-state index contributed by atoms with van der Waals surface area (Å²) in [5.74, 6) is -0.827. The smallest absolute Gasteiger partial charge is 0.311 e. The van der Waals surface area contributed by atoms with Gasteiger partial charge in [0.2, 0.25) is 0 Å². The molecule has 0 amide bonds. The van der Waals surface area contributed by atoms with Crippen molar-refractivity contribution in [1.82, 2.24) is 0 Å². The van der Waals surface area contributed by atoms with Gasteiger partial charge in [0.25, 0.3) is 0 Å². The van der Waals surface area contributed by atoms with E-state index in [2.05, 4.69) is 0 Å². The van der Waals surface area contributed by atoms with Crippen LogP contribution < -0.4 is 0 Å². The van der Waals surface area contributed by atoms with E-state index >= 15 is 0 Å². The average molecular weight is 356 g/mol. The molecule has 0 aromatic heterocycles. The first kappa shape index (κ1) is 18.1. The molecule has 0 saturated heterocycles. The third-order valence-electron chi connectivity index (χ3n) is 5.93. The van der Waals surface area contributed by atoms with Gasteiger partial charge < -0.3 is 10.2 Å². The molecule has 0 radical (unpaired) electrons. The summed E-state index contributed by atoms with van der Waals surface area (Å²) < 4.78 is 0. The molecule has 0 bridgehead atoms. The number of hydrogen-bond acceptors (Lipinski definition) is 4. The summed E-state index contributed by atoms with van der Waals surface area (Å²) in [5, 5.41) is 18.9. The van der Waals surface area contributed by atoms with E-state index in [0.29, 0.717) is 36.0 Å². The number of allylic oxidation sites excluding steroid dienone is 5. The molecule has 1 saturated carbocycles. The lowest BCUT2D eigenvalue weighted by atomic mass is 9.68. The Hall–Kier alpha value is -2.68. The highest BCUT2D eigenvalue weighted by atomic mass is 16.4. The van der Waals surface area contributed by atoms with Gasteiger partial charge in [0, 0.05) is 17.1 Å². The number of fused-ring (bicyclic) bond motifs is 1. The highest BCUT2D eigenvalue weighted by molar-refractivity contribution is 5.83. The lowest BCUT2D eigenvalue weighted by Gasteiger charge is -2.34. The SMILES string of the molecule is CC1=CC(C2C(=C=O)CC3CC(=C=O)CC=C32)CC(C(=O)O)C1C(=O)O. The molecule has 0 spiro atoms. The zero-order valence-corrected chi connectivity index (χ0v) is 14.4. The normalized spacial score (nSPS) is 33.5. The Morgan fingerprint density at radius 1 is 1.12 bits per heavy atom. The maximum Gasteiger partial charge on any atom is 0.311 e. The number of rotatable bonds is 3. The fourth-order valence-corrected chi connectivity index (χ4v) is 4.86. The molecule has 0 aromatic rings. The fraction of sp³-hybridized carbons (Fsp3) is 0.500. The summed E-state index contributed by atoms with van der Waals surface area (Å²) in [6.07, 6.45) is 5.49. The van der Waals surface area contributed by atoms with E-state index in [9.17, 15) is 29.4 Å². The van der Waals surface area contributed by atoms with E-state index in [4.69, 9.17) is 0 Å². The Kier molecular flexibility index (Phi) is 4.82. The first-order valence-electron chi connectivity index (χ1n) is 8.68. The topological polar surface area (TPSA) is 109 Å². The van der Waals surface area contributed by atoms with Gasteiger partial charge in [0.05, 0.1) is 11.8 Å². The first-order chi connectivity index (χ1) is 12.4. The van der Waals surface area contributed by atoms with Crippen molar-refractivity contribution in [3.63, 3.8) is 0 Å². The van der Waals surface area contributed by atoms with Crippen LogP contribution in [0.2, 0.25) is 0 Å². The monoisotopic (exact) mass is 356 g/mol. The molecule has 3 aliphatic rings. The minimum Gasteiger partial charge on any atom is -0.481 e. The molecule has 136 valence electrons. The van der Waals surface area contributed by atoms with Crippen molar-refractivity contribution in [3.8, 4) is 0 Å². The van der Waals surface area contributed by atoms with Crippen LogP contribution in [-0.2, 0) is 19.2 Å². The fourth-order valence-electron chi connectivity index (χ4n) is 4.86. The van der Waals surface area contributed by atoms with Crippen molar-refractivity contribution in [2.75, 3.05) is 0 Å². The van der Waals surface area contributed by atoms with Crippen LogP contribution in [0.1, 0.15) is 32.6 Å². The van der Waals surface area contributed by atoms with Crippen molar-refractivity contribution in [1.29, 1.82) is 0 Å². The van der Waals surface area contributed by atoms with Gasteiger partial charge in [-0.25, -0.2) is 9.59 Å². The van der Waals surface area contributed by atoms with Crippen LogP contribution in [-0.4, -0.2) is 34.0 Å². The summed E-state index contributed by atoms with van der Waals surface area (Å²) in [4.78, 5) is 45.6. The zero-order valence-electron chi connectivity index (χ0n) is 14.4. The second kappa shape index (κ2) is 6.91. The van der Waals surface area contributed by atoms with Crippen molar-refractivity contribution in [3.05, 3.63) is 34.4 Å². The highest BCUT2D eigenvalue weighted by Gasteiger charge is 2.46. The molecular weight excluding hydrogens is 336 g/mol. The van der Waals surface area contributed by atoms with E-state index in [1.165, 1.54) is 0 Å². The molecule has 5 unspecified atom stereocenters. The van der Waals surface area contributed by atoms with Gasteiger partial charge in [-0.15, -0.1) is 0 Å².